The van der Waals surface area contributed by atoms with Gasteiger partial charge >= 0.3 is 5.69 Å². The average molecular weight is 371 g/mol. The van der Waals surface area contributed by atoms with Gasteiger partial charge in [-0.2, -0.15) is 0 Å². The first kappa shape index (κ1) is 16.2. The van der Waals surface area contributed by atoms with Gasteiger partial charge in [-0.05, 0) is 43.7 Å². The molecule has 3 aromatic rings. The lowest BCUT2D eigenvalue weighted by Crippen LogP contribution is -2.43. The SMILES string of the molecule is O=c1c2c3cccnc3sc2n(CC2CCC2)c(=O)n1CC1CCCO1. The molecule has 0 amide bonds. The Balaban J connectivity index is 1.75. The summed E-state index contributed by atoms with van der Waals surface area (Å²) in [6.07, 6.45) is 7.12. The van der Waals surface area contributed by atoms with Gasteiger partial charge in [0.2, 0.25) is 0 Å². The minimum Gasteiger partial charge on any atom is -0.376 e. The average Bonchev–Trinajstić information content (AvgIpc) is 3.24. The minimum atomic E-state index is -0.204. The van der Waals surface area contributed by atoms with Crippen LogP contribution in [0, 0.1) is 5.92 Å². The van der Waals surface area contributed by atoms with E-state index < -0.39 is 0 Å². The minimum absolute atomic E-state index is 0.0435. The topological polar surface area (TPSA) is 66.1 Å². The van der Waals surface area contributed by atoms with Crippen molar-refractivity contribution in [1.29, 1.82) is 0 Å². The van der Waals surface area contributed by atoms with Crippen molar-refractivity contribution in [2.45, 2.75) is 51.3 Å². The summed E-state index contributed by atoms with van der Waals surface area (Å²) in [6.45, 7) is 1.74. The zero-order valence-corrected chi connectivity index (χ0v) is 15.3. The predicted octanol–water partition coefficient (Wildman–Crippen LogP) is 2.75. The number of rotatable bonds is 4. The van der Waals surface area contributed by atoms with Gasteiger partial charge in [0.25, 0.3) is 5.56 Å². The van der Waals surface area contributed by atoms with Gasteiger partial charge in [0.1, 0.15) is 9.66 Å². The van der Waals surface area contributed by atoms with Crippen molar-refractivity contribution < 1.29 is 4.74 Å². The molecule has 5 rings (SSSR count). The molecule has 7 heteroatoms. The van der Waals surface area contributed by atoms with Crippen LogP contribution in [0.5, 0.6) is 0 Å². The highest BCUT2D eigenvalue weighted by atomic mass is 32.1. The van der Waals surface area contributed by atoms with Crippen molar-refractivity contribution in [3.63, 3.8) is 0 Å². The molecule has 0 N–H and O–H groups in total. The maximum atomic E-state index is 13.2. The third-order valence-electron chi connectivity index (χ3n) is 5.69. The number of fused-ring (bicyclic) bond motifs is 3. The second kappa shape index (κ2) is 6.32. The summed E-state index contributed by atoms with van der Waals surface area (Å²) in [5.41, 5.74) is -0.402. The Labute approximate surface area is 154 Å². The highest BCUT2D eigenvalue weighted by molar-refractivity contribution is 7.25. The first-order valence-corrected chi connectivity index (χ1v) is 10.2. The fraction of sp³-hybridized carbons (Fsp3) is 0.526. The molecule has 1 aliphatic carbocycles. The van der Waals surface area contributed by atoms with E-state index in [9.17, 15) is 9.59 Å². The summed E-state index contributed by atoms with van der Waals surface area (Å²) in [5, 5.41) is 1.48. The second-order valence-corrected chi connectivity index (χ2v) is 8.36. The van der Waals surface area contributed by atoms with E-state index in [2.05, 4.69) is 4.98 Å². The molecule has 4 heterocycles. The largest absolute Gasteiger partial charge is 0.376 e. The lowest BCUT2D eigenvalue weighted by molar-refractivity contribution is 0.0946. The van der Waals surface area contributed by atoms with Gasteiger partial charge in [0, 0.05) is 24.7 Å². The van der Waals surface area contributed by atoms with E-state index in [4.69, 9.17) is 4.74 Å². The first-order chi connectivity index (χ1) is 12.7. The van der Waals surface area contributed by atoms with E-state index >= 15 is 0 Å². The molecule has 1 saturated heterocycles. The van der Waals surface area contributed by atoms with E-state index in [1.807, 2.05) is 16.7 Å². The van der Waals surface area contributed by atoms with Crippen molar-refractivity contribution in [3.05, 3.63) is 39.2 Å². The van der Waals surface area contributed by atoms with E-state index in [0.29, 0.717) is 31.0 Å². The smallest absolute Gasteiger partial charge is 0.332 e. The molecule has 0 aromatic carbocycles. The molecule has 0 spiro atoms. The molecule has 1 unspecified atom stereocenters. The lowest BCUT2D eigenvalue weighted by Gasteiger charge is -2.26. The number of aromatic nitrogens is 3. The van der Waals surface area contributed by atoms with Gasteiger partial charge in [-0.25, -0.2) is 9.78 Å². The van der Waals surface area contributed by atoms with Crippen LogP contribution in [0.4, 0.5) is 0 Å². The summed E-state index contributed by atoms with van der Waals surface area (Å²) in [7, 11) is 0. The fourth-order valence-corrected chi connectivity index (χ4v) is 5.16. The van der Waals surface area contributed by atoms with Crippen LogP contribution in [0.15, 0.2) is 27.9 Å². The Morgan fingerprint density at radius 2 is 2.04 bits per heavy atom. The molecule has 0 radical (unpaired) electrons. The van der Waals surface area contributed by atoms with Gasteiger partial charge in [-0.3, -0.25) is 13.9 Å². The van der Waals surface area contributed by atoms with Crippen LogP contribution in [-0.2, 0) is 17.8 Å². The van der Waals surface area contributed by atoms with Crippen molar-refractivity contribution >= 4 is 31.8 Å². The number of hydrogen-bond donors (Lipinski definition) is 0. The Bertz CT molecular complexity index is 1090. The molecule has 26 heavy (non-hydrogen) atoms. The molecule has 136 valence electrons. The van der Waals surface area contributed by atoms with E-state index in [-0.39, 0.29) is 17.4 Å². The van der Waals surface area contributed by atoms with Crippen molar-refractivity contribution in [3.8, 4) is 0 Å². The Kier molecular flexibility index (Phi) is 3.94. The molecular weight excluding hydrogens is 350 g/mol. The quantitative estimate of drug-likeness (QED) is 0.707. The van der Waals surface area contributed by atoms with Gasteiger partial charge in [0.05, 0.1) is 18.0 Å². The van der Waals surface area contributed by atoms with E-state index in [0.717, 1.165) is 40.7 Å². The molecular formula is C19H21N3O3S. The normalized spacial score (nSPS) is 20.8. The van der Waals surface area contributed by atoms with Crippen molar-refractivity contribution in [1.82, 2.24) is 14.1 Å². The summed E-state index contributed by atoms with van der Waals surface area (Å²) in [6, 6.07) is 3.77. The molecule has 3 aromatic heterocycles. The summed E-state index contributed by atoms with van der Waals surface area (Å²) in [5.74, 6) is 0.530. The van der Waals surface area contributed by atoms with Gasteiger partial charge in [0.15, 0.2) is 0 Å². The van der Waals surface area contributed by atoms with Crippen LogP contribution in [0.25, 0.3) is 20.4 Å². The Morgan fingerprint density at radius 3 is 2.77 bits per heavy atom. The number of nitrogens with zero attached hydrogens (tertiary/aromatic N) is 3. The number of hydrogen-bond acceptors (Lipinski definition) is 5. The van der Waals surface area contributed by atoms with Gasteiger partial charge < -0.3 is 4.74 Å². The molecule has 2 fully saturated rings. The van der Waals surface area contributed by atoms with Crippen molar-refractivity contribution in [2.24, 2.45) is 5.92 Å². The number of ether oxygens (including phenoxy) is 1. The molecule has 2 aliphatic rings. The van der Waals surface area contributed by atoms with Crippen LogP contribution >= 0.6 is 11.3 Å². The number of thiophene rings is 1. The molecule has 0 bridgehead atoms. The highest BCUT2D eigenvalue weighted by Crippen LogP contribution is 2.32. The third kappa shape index (κ3) is 2.53. The standard InChI is InChI=1S/C19H21N3O3S/c23-17-15-14-7-2-8-20-16(14)26-18(15)22(10-12-4-1-5-12)19(24)21(17)11-13-6-3-9-25-13/h2,7-8,12-13H,1,3-6,9-11H2. The summed E-state index contributed by atoms with van der Waals surface area (Å²) >= 11 is 1.45. The molecule has 6 nitrogen and oxygen atoms in total. The summed E-state index contributed by atoms with van der Waals surface area (Å²) < 4.78 is 8.90. The van der Waals surface area contributed by atoms with Crippen LogP contribution in [0.1, 0.15) is 32.1 Å². The third-order valence-corrected chi connectivity index (χ3v) is 6.83. The zero-order chi connectivity index (χ0) is 17.7. The maximum Gasteiger partial charge on any atom is 0.332 e. The highest BCUT2D eigenvalue weighted by Gasteiger charge is 2.25. The van der Waals surface area contributed by atoms with Crippen LogP contribution in [0.2, 0.25) is 0 Å². The van der Waals surface area contributed by atoms with Gasteiger partial charge in [-0.1, -0.05) is 17.8 Å². The monoisotopic (exact) mass is 371 g/mol. The van der Waals surface area contributed by atoms with E-state index in [1.54, 1.807) is 6.20 Å². The van der Waals surface area contributed by atoms with Crippen molar-refractivity contribution in [2.75, 3.05) is 6.61 Å². The zero-order valence-electron chi connectivity index (χ0n) is 14.5. The van der Waals surface area contributed by atoms with Gasteiger partial charge in [-0.15, -0.1) is 0 Å². The summed E-state index contributed by atoms with van der Waals surface area (Å²) in [4.78, 5) is 32.4. The Hall–Kier alpha value is -1.99. The molecule has 1 atom stereocenters. The lowest BCUT2D eigenvalue weighted by atomic mass is 9.85. The van der Waals surface area contributed by atoms with Crippen LogP contribution in [-0.4, -0.2) is 26.8 Å². The molecule has 1 aliphatic heterocycles. The fourth-order valence-electron chi connectivity index (χ4n) is 4.02. The number of pyridine rings is 1. The van der Waals surface area contributed by atoms with Crippen LogP contribution < -0.4 is 11.2 Å². The van der Waals surface area contributed by atoms with E-state index in [1.165, 1.54) is 22.3 Å². The molecule has 1 saturated carbocycles. The first-order valence-electron chi connectivity index (χ1n) is 9.35. The second-order valence-electron chi connectivity index (χ2n) is 7.38. The predicted molar refractivity (Wildman–Crippen MR) is 102 cm³/mol. The van der Waals surface area contributed by atoms with Crippen LogP contribution in [0.3, 0.4) is 0 Å². The maximum absolute atomic E-state index is 13.2. The Morgan fingerprint density at radius 1 is 1.15 bits per heavy atom.